The standard InChI is InChI=1S/C14H9NO6/c16-11-7-2-1-4-8(11)13(17)12-9(14(18)19)5-3-6-10(12)15(20)21/h1-7,16H,(H,18,19). The van der Waals surface area contributed by atoms with E-state index in [0.29, 0.717) is 0 Å². The monoisotopic (exact) mass is 287 g/mol. The van der Waals surface area contributed by atoms with Crippen molar-refractivity contribution in [3.8, 4) is 5.75 Å². The molecular weight excluding hydrogens is 278 g/mol. The van der Waals surface area contributed by atoms with E-state index in [1.165, 1.54) is 30.3 Å². The van der Waals surface area contributed by atoms with Crippen molar-refractivity contribution in [1.29, 1.82) is 0 Å². The molecule has 2 N–H and O–H groups in total. The highest BCUT2D eigenvalue weighted by molar-refractivity contribution is 6.17. The van der Waals surface area contributed by atoms with E-state index >= 15 is 0 Å². The smallest absolute Gasteiger partial charge is 0.336 e. The van der Waals surface area contributed by atoms with Crippen molar-refractivity contribution in [2.75, 3.05) is 0 Å². The molecule has 0 spiro atoms. The first kappa shape index (κ1) is 14.2. The molecule has 2 aromatic rings. The number of nitro groups is 1. The molecule has 0 saturated heterocycles. The molecule has 106 valence electrons. The molecular formula is C14H9NO6. The van der Waals surface area contributed by atoms with Crippen LogP contribution in [0.2, 0.25) is 0 Å². The molecule has 0 aliphatic rings. The van der Waals surface area contributed by atoms with Crippen LogP contribution in [0.5, 0.6) is 5.75 Å². The molecule has 2 aromatic carbocycles. The Bertz CT molecular complexity index is 721. The third kappa shape index (κ3) is 2.57. The summed E-state index contributed by atoms with van der Waals surface area (Å²) in [7, 11) is 0. The van der Waals surface area contributed by atoms with E-state index in [-0.39, 0.29) is 11.3 Å². The minimum atomic E-state index is -1.46. The summed E-state index contributed by atoms with van der Waals surface area (Å²) in [6, 6.07) is 8.76. The van der Waals surface area contributed by atoms with Gasteiger partial charge < -0.3 is 10.2 Å². The van der Waals surface area contributed by atoms with Gasteiger partial charge in [-0.2, -0.15) is 0 Å². The predicted octanol–water partition coefficient (Wildman–Crippen LogP) is 2.23. The van der Waals surface area contributed by atoms with Crippen LogP contribution >= 0.6 is 0 Å². The van der Waals surface area contributed by atoms with Crippen molar-refractivity contribution in [3.05, 3.63) is 69.3 Å². The Morgan fingerprint density at radius 2 is 1.62 bits per heavy atom. The molecule has 0 aliphatic carbocycles. The lowest BCUT2D eigenvalue weighted by molar-refractivity contribution is -0.385. The van der Waals surface area contributed by atoms with Gasteiger partial charge in [0, 0.05) is 6.07 Å². The number of aromatic carboxylic acids is 1. The summed E-state index contributed by atoms with van der Waals surface area (Å²) in [5.74, 6) is -2.76. The van der Waals surface area contributed by atoms with E-state index in [0.717, 1.165) is 12.1 Å². The SMILES string of the molecule is O=C(O)c1cccc([N+](=O)[O-])c1C(=O)c1ccccc1O. The second-order valence-electron chi connectivity index (χ2n) is 4.11. The minimum absolute atomic E-state index is 0.200. The van der Waals surface area contributed by atoms with Gasteiger partial charge in [0.15, 0.2) is 0 Å². The Balaban J connectivity index is 2.73. The van der Waals surface area contributed by atoms with Crippen molar-refractivity contribution in [2.24, 2.45) is 0 Å². The highest BCUT2D eigenvalue weighted by Gasteiger charge is 2.28. The van der Waals surface area contributed by atoms with E-state index < -0.39 is 33.5 Å². The van der Waals surface area contributed by atoms with Gasteiger partial charge in [0.25, 0.3) is 5.69 Å². The molecule has 0 radical (unpaired) electrons. The van der Waals surface area contributed by atoms with Gasteiger partial charge in [-0.3, -0.25) is 14.9 Å². The van der Waals surface area contributed by atoms with Crippen LogP contribution in [-0.4, -0.2) is 26.9 Å². The van der Waals surface area contributed by atoms with Gasteiger partial charge in [0.2, 0.25) is 5.78 Å². The molecule has 2 rings (SSSR count). The summed E-state index contributed by atoms with van der Waals surface area (Å²) in [4.78, 5) is 33.8. The van der Waals surface area contributed by atoms with Gasteiger partial charge in [-0.15, -0.1) is 0 Å². The van der Waals surface area contributed by atoms with Crippen LogP contribution in [0, 0.1) is 10.1 Å². The van der Waals surface area contributed by atoms with E-state index in [4.69, 9.17) is 5.11 Å². The number of phenolic OH excluding ortho intramolecular Hbond substituents is 1. The average molecular weight is 287 g/mol. The second-order valence-corrected chi connectivity index (χ2v) is 4.11. The molecule has 7 nitrogen and oxygen atoms in total. The fourth-order valence-electron chi connectivity index (χ4n) is 1.91. The van der Waals surface area contributed by atoms with Gasteiger partial charge in [0.05, 0.1) is 16.1 Å². The summed E-state index contributed by atoms with van der Waals surface area (Å²) < 4.78 is 0. The minimum Gasteiger partial charge on any atom is -0.507 e. The van der Waals surface area contributed by atoms with E-state index in [2.05, 4.69) is 0 Å². The fourth-order valence-corrected chi connectivity index (χ4v) is 1.91. The van der Waals surface area contributed by atoms with Crippen molar-refractivity contribution in [2.45, 2.75) is 0 Å². The quantitative estimate of drug-likeness (QED) is 0.505. The largest absolute Gasteiger partial charge is 0.507 e. The normalized spacial score (nSPS) is 10.1. The van der Waals surface area contributed by atoms with Crippen LogP contribution in [0.1, 0.15) is 26.3 Å². The Kier molecular flexibility index (Phi) is 3.66. The van der Waals surface area contributed by atoms with Gasteiger partial charge in [-0.05, 0) is 18.2 Å². The number of phenols is 1. The topological polar surface area (TPSA) is 118 Å². The summed E-state index contributed by atoms with van der Waals surface area (Å²) >= 11 is 0. The van der Waals surface area contributed by atoms with E-state index in [1.54, 1.807) is 0 Å². The van der Waals surface area contributed by atoms with Gasteiger partial charge in [0.1, 0.15) is 11.3 Å². The zero-order valence-electron chi connectivity index (χ0n) is 10.5. The first-order chi connectivity index (χ1) is 9.93. The molecule has 7 heteroatoms. The lowest BCUT2D eigenvalue weighted by atomic mass is 9.96. The van der Waals surface area contributed by atoms with Crippen LogP contribution in [0.15, 0.2) is 42.5 Å². The summed E-state index contributed by atoms with van der Waals surface area (Å²) in [5.41, 5.74) is -1.87. The highest BCUT2D eigenvalue weighted by atomic mass is 16.6. The van der Waals surface area contributed by atoms with Crippen molar-refractivity contribution in [1.82, 2.24) is 0 Å². The van der Waals surface area contributed by atoms with Crippen molar-refractivity contribution >= 4 is 17.4 Å². The summed E-state index contributed by atoms with van der Waals surface area (Å²) in [6.07, 6.45) is 0. The number of benzene rings is 2. The molecule has 21 heavy (non-hydrogen) atoms. The van der Waals surface area contributed by atoms with Gasteiger partial charge in [-0.25, -0.2) is 4.79 Å². The number of nitro benzene ring substituents is 1. The molecule has 0 saturated carbocycles. The summed E-state index contributed by atoms with van der Waals surface area (Å²) in [6.45, 7) is 0. The maximum Gasteiger partial charge on any atom is 0.336 e. The molecule has 0 aromatic heterocycles. The summed E-state index contributed by atoms with van der Waals surface area (Å²) in [5, 5.41) is 29.8. The zero-order valence-corrected chi connectivity index (χ0v) is 10.5. The van der Waals surface area contributed by atoms with Crippen LogP contribution in [-0.2, 0) is 0 Å². The third-order valence-corrected chi connectivity index (χ3v) is 2.85. The zero-order chi connectivity index (χ0) is 15.6. The average Bonchev–Trinajstić information content (AvgIpc) is 2.46. The Morgan fingerprint density at radius 3 is 2.19 bits per heavy atom. The Hall–Kier alpha value is -3.22. The second kappa shape index (κ2) is 5.41. The predicted molar refractivity (Wildman–Crippen MR) is 71.6 cm³/mol. The van der Waals surface area contributed by atoms with Crippen LogP contribution in [0.4, 0.5) is 5.69 Å². The molecule has 0 bridgehead atoms. The maximum atomic E-state index is 12.4. The number of ketones is 1. The van der Waals surface area contributed by atoms with Gasteiger partial charge >= 0.3 is 5.97 Å². The first-order valence-electron chi connectivity index (χ1n) is 5.77. The maximum absolute atomic E-state index is 12.4. The number of carbonyl (C=O) groups is 2. The molecule has 0 atom stereocenters. The number of nitrogens with zero attached hydrogens (tertiary/aromatic N) is 1. The number of rotatable bonds is 4. The fraction of sp³-hybridized carbons (Fsp3) is 0. The lowest BCUT2D eigenvalue weighted by Crippen LogP contribution is -2.12. The number of para-hydroxylation sites is 1. The van der Waals surface area contributed by atoms with Crippen LogP contribution in [0.3, 0.4) is 0 Å². The molecule has 0 amide bonds. The highest BCUT2D eigenvalue weighted by Crippen LogP contribution is 2.28. The number of carbonyl (C=O) groups excluding carboxylic acids is 1. The van der Waals surface area contributed by atoms with Gasteiger partial charge in [-0.1, -0.05) is 18.2 Å². The molecule has 0 unspecified atom stereocenters. The van der Waals surface area contributed by atoms with Crippen molar-refractivity contribution in [3.63, 3.8) is 0 Å². The Labute approximate surface area is 118 Å². The number of hydrogen-bond acceptors (Lipinski definition) is 5. The van der Waals surface area contributed by atoms with Crippen molar-refractivity contribution < 1.29 is 24.7 Å². The third-order valence-electron chi connectivity index (χ3n) is 2.85. The Morgan fingerprint density at radius 1 is 1.00 bits per heavy atom. The molecule has 0 fully saturated rings. The number of carboxylic acids is 1. The first-order valence-corrected chi connectivity index (χ1v) is 5.77. The molecule has 0 aliphatic heterocycles. The number of carboxylic acid groups (broad SMARTS) is 1. The van der Waals surface area contributed by atoms with Crippen LogP contribution in [0.25, 0.3) is 0 Å². The van der Waals surface area contributed by atoms with E-state index in [9.17, 15) is 24.8 Å². The number of aromatic hydroxyl groups is 1. The number of hydrogen-bond donors (Lipinski definition) is 2. The lowest BCUT2D eigenvalue weighted by Gasteiger charge is -2.07. The van der Waals surface area contributed by atoms with Crippen LogP contribution < -0.4 is 0 Å². The van der Waals surface area contributed by atoms with E-state index in [1.807, 2.05) is 0 Å². The molecule has 0 heterocycles.